The van der Waals surface area contributed by atoms with Crippen molar-refractivity contribution in [1.29, 1.82) is 0 Å². The molecule has 0 saturated heterocycles. The van der Waals surface area contributed by atoms with Crippen LogP contribution in [0, 0.1) is 0 Å². The van der Waals surface area contributed by atoms with Crippen molar-refractivity contribution in [1.82, 2.24) is 4.98 Å². The molecule has 2 nitrogen and oxygen atoms in total. The molecule has 0 fully saturated rings. The summed E-state index contributed by atoms with van der Waals surface area (Å²) in [6.45, 7) is 2.10. The third-order valence-electron chi connectivity index (χ3n) is 4.43. The number of hydrogen-bond acceptors (Lipinski definition) is 1. The van der Waals surface area contributed by atoms with Crippen LogP contribution in [0.25, 0.3) is 22.6 Å². The summed E-state index contributed by atoms with van der Waals surface area (Å²) in [5.41, 5.74) is 5.54. The first-order valence-electron chi connectivity index (χ1n) is 7.31. The summed E-state index contributed by atoms with van der Waals surface area (Å²) in [4.78, 5) is 3.48. The highest BCUT2D eigenvalue weighted by Crippen LogP contribution is 2.41. The lowest BCUT2D eigenvalue weighted by Gasteiger charge is -2.27. The van der Waals surface area contributed by atoms with E-state index >= 15 is 0 Å². The number of nitrogens with one attached hydrogen (secondary N) is 1. The highest BCUT2D eigenvalue weighted by molar-refractivity contribution is 5.95. The average Bonchev–Trinajstić information content (AvgIpc) is 2.90. The molecule has 4 rings (SSSR count). The van der Waals surface area contributed by atoms with E-state index in [9.17, 15) is 5.11 Å². The minimum Gasteiger partial charge on any atom is -0.388 e. The van der Waals surface area contributed by atoms with E-state index in [1.54, 1.807) is 0 Å². The molecule has 104 valence electrons. The topological polar surface area (TPSA) is 36.0 Å². The van der Waals surface area contributed by atoms with Gasteiger partial charge in [-0.15, -0.1) is 0 Å². The van der Waals surface area contributed by atoms with Crippen molar-refractivity contribution in [2.45, 2.75) is 18.9 Å². The number of fused-ring (bicyclic) bond motifs is 3. The summed E-state index contributed by atoms with van der Waals surface area (Å²) in [6.07, 6.45) is 1.62. The number of aromatic nitrogens is 1. The molecule has 0 saturated carbocycles. The number of aliphatic hydroxyl groups excluding tert-OH is 1. The van der Waals surface area contributed by atoms with E-state index in [0.717, 1.165) is 22.3 Å². The molecule has 1 heterocycles. The quantitative estimate of drug-likeness (QED) is 0.686. The standard InChI is InChI=1S/C19H17NO/c1-12-18-14-9-5-6-10-16(14)20-17(18)11-15(19(12)21)13-7-3-2-4-8-13/h2-12,19-21H,1H3. The van der Waals surface area contributed by atoms with Crippen molar-refractivity contribution in [3.8, 4) is 0 Å². The van der Waals surface area contributed by atoms with Crippen LogP contribution in [0.4, 0.5) is 0 Å². The first-order chi connectivity index (χ1) is 10.3. The molecule has 0 bridgehead atoms. The molecule has 0 spiro atoms. The second-order valence-corrected chi connectivity index (χ2v) is 5.70. The summed E-state index contributed by atoms with van der Waals surface area (Å²) in [5, 5.41) is 11.9. The van der Waals surface area contributed by atoms with Gasteiger partial charge in [-0.3, -0.25) is 0 Å². The summed E-state index contributed by atoms with van der Waals surface area (Å²) < 4.78 is 0. The van der Waals surface area contributed by atoms with Crippen LogP contribution in [-0.2, 0) is 0 Å². The molecular weight excluding hydrogens is 258 g/mol. The minimum atomic E-state index is -0.473. The molecule has 2 aromatic carbocycles. The van der Waals surface area contributed by atoms with Gasteiger partial charge < -0.3 is 10.1 Å². The molecular formula is C19H17NO. The van der Waals surface area contributed by atoms with Crippen molar-refractivity contribution in [3.05, 3.63) is 71.4 Å². The number of aliphatic hydroxyl groups is 1. The van der Waals surface area contributed by atoms with Crippen molar-refractivity contribution in [2.24, 2.45) is 0 Å². The number of rotatable bonds is 1. The van der Waals surface area contributed by atoms with E-state index in [4.69, 9.17) is 0 Å². The smallest absolute Gasteiger partial charge is 0.0863 e. The van der Waals surface area contributed by atoms with E-state index < -0.39 is 6.10 Å². The molecule has 0 amide bonds. The predicted molar refractivity (Wildman–Crippen MR) is 87.0 cm³/mol. The largest absolute Gasteiger partial charge is 0.388 e. The van der Waals surface area contributed by atoms with Crippen molar-refractivity contribution in [3.63, 3.8) is 0 Å². The molecule has 1 aromatic heterocycles. The Morgan fingerprint density at radius 3 is 2.48 bits per heavy atom. The Hall–Kier alpha value is -2.32. The van der Waals surface area contributed by atoms with Gasteiger partial charge in [-0.2, -0.15) is 0 Å². The van der Waals surface area contributed by atoms with E-state index in [1.165, 1.54) is 10.9 Å². The number of aromatic amines is 1. The van der Waals surface area contributed by atoms with Gasteiger partial charge in [0, 0.05) is 22.5 Å². The maximum Gasteiger partial charge on any atom is 0.0863 e. The fourth-order valence-electron chi connectivity index (χ4n) is 3.34. The summed E-state index contributed by atoms with van der Waals surface area (Å²) in [5.74, 6) is 0.0800. The number of hydrogen-bond donors (Lipinski definition) is 2. The van der Waals surface area contributed by atoms with Gasteiger partial charge in [-0.25, -0.2) is 0 Å². The van der Waals surface area contributed by atoms with Crippen LogP contribution < -0.4 is 0 Å². The fourth-order valence-corrected chi connectivity index (χ4v) is 3.34. The molecule has 1 aliphatic rings. The molecule has 0 aliphatic heterocycles. The van der Waals surface area contributed by atoms with Gasteiger partial charge in [0.05, 0.1) is 6.10 Å². The Bertz CT molecular complexity index is 829. The molecule has 21 heavy (non-hydrogen) atoms. The van der Waals surface area contributed by atoms with Crippen molar-refractivity contribution < 1.29 is 5.11 Å². The Morgan fingerprint density at radius 2 is 1.67 bits per heavy atom. The molecule has 1 aliphatic carbocycles. The number of benzene rings is 2. The molecule has 2 unspecified atom stereocenters. The first-order valence-corrected chi connectivity index (χ1v) is 7.31. The summed E-state index contributed by atoms with van der Waals surface area (Å²) >= 11 is 0. The van der Waals surface area contributed by atoms with Gasteiger partial charge >= 0.3 is 0 Å². The van der Waals surface area contributed by atoms with Crippen LogP contribution >= 0.6 is 0 Å². The first kappa shape index (κ1) is 12.4. The highest BCUT2D eigenvalue weighted by atomic mass is 16.3. The highest BCUT2D eigenvalue weighted by Gasteiger charge is 2.30. The SMILES string of the molecule is CC1c2c([nH]c3ccccc23)C=C(c2ccccc2)C1O. The third-order valence-corrected chi connectivity index (χ3v) is 4.43. The maximum atomic E-state index is 10.7. The van der Waals surface area contributed by atoms with E-state index in [2.05, 4.69) is 42.2 Å². The van der Waals surface area contributed by atoms with Gasteiger partial charge in [-0.05, 0) is 28.8 Å². The zero-order chi connectivity index (χ0) is 14.4. The average molecular weight is 275 g/mol. The second-order valence-electron chi connectivity index (χ2n) is 5.70. The van der Waals surface area contributed by atoms with Gasteiger partial charge in [-0.1, -0.05) is 55.5 Å². The molecule has 0 radical (unpaired) electrons. The van der Waals surface area contributed by atoms with Crippen molar-refractivity contribution >= 4 is 22.6 Å². The normalized spacial score (nSPS) is 21.1. The molecule has 2 atom stereocenters. The summed E-state index contributed by atoms with van der Waals surface area (Å²) in [6, 6.07) is 18.4. The lowest BCUT2D eigenvalue weighted by Crippen LogP contribution is -2.21. The van der Waals surface area contributed by atoms with E-state index in [0.29, 0.717) is 0 Å². The van der Waals surface area contributed by atoms with Gasteiger partial charge in [0.15, 0.2) is 0 Å². The van der Waals surface area contributed by atoms with Crippen molar-refractivity contribution in [2.75, 3.05) is 0 Å². The number of H-pyrrole nitrogens is 1. The monoisotopic (exact) mass is 275 g/mol. The molecule has 3 aromatic rings. The van der Waals surface area contributed by atoms with Gasteiger partial charge in [0.25, 0.3) is 0 Å². The lowest BCUT2D eigenvalue weighted by molar-refractivity contribution is 0.206. The van der Waals surface area contributed by atoms with Gasteiger partial charge in [0.2, 0.25) is 0 Å². The Morgan fingerprint density at radius 1 is 0.952 bits per heavy atom. The van der Waals surface area contributed by atoms with Crippen LogP contribution in [0.5, 0.6) is 0 Å². The van der Waals surface area contributed by atoms with Crippen LogP contribution in [0.1, 0.15) is 29.7 Å². The zero-order valence-corrected chi connectivity index (χ0v) is 11.9. The Kier molecular flexibility index (Phi) is 2.72. The van der Waals surface area contributed by atoms with Crippen LogP contribution in [0.15, 0.2) is 54.6 Å². The fraction of sp³-hybridized carbons (Fsp3) is 0.158. The lowest BCUT2D eigenvalue weighted by atomic mass is 9.81. The van der Waals surface area contributed by atoms with Crippen LogP contribution in [-0.4, -0.2) is 16.2 Å². The second kappa shape index (κ2) is 4.61. The summed E-state index contributed by atoms with van der Waals surface area (Å²) in [7, 11) is 0. The Labute approximate surface area is 123 Å². The molecule has 2 heteroatoms. The van der Waals surface area contributed by atoms with Gasteiger partial charge in [0.1, 0.15) is 0 Å². The zero-order valence-electron chi connectivity index (χ0n) is 11.9. The maximum absolute atomic E-state index is 10.7. The number of para-hydroxylation sites is 1. The van der Waals surface area contributed by atoms with Crippen LogP contribution in [0.2, 0.25) is 0 Å². The third kappa shape index (κ3) is 1.83. The van der Waals surface area contributed by atoms with E-state index in [-0.39, 0.29) is 5.92 Å². The van der Waals surface area contributed by atoms with E-state index in [1.807, 2.05) is 30.3 Å². The van der Waals surface area contributed by atoms with Crippen LogP contribution in [0.3, 0.4) is 0 Å². The molecule has 2 N–H and O–H groups in total. The Balaban J connectivity index is 1.96. The minimum absolute atomic E-state index is 0.0800. The predicted octanol–water partition coefficient (Wildman–Crippen LogP) is 4.19.